The molecule has 0 spiro atoms. The second kappa shape index (κ2) is 8.27. The Morgan fingerprint density at radius 3 is 3.00 bits per heavy atom. The van der Waals surface area contributed by atoms with E-state index in [4.69, 9.17) is 16.3 Å². The van der Waals surface area contributed by atoms with Gasteiger partial charge in [0.15, 0.2) is 0 Å². The summed E-state index contributed by atoms with van der Waals surface area (Å²) in [4.78, 5) is 2.24. The van der Waals surface area contributed by atoms with Gasteiger partial charge >= 0.3 is 0 Å². The summed E-state index contributed by atoms with van der Waals surface area (Å²) in [5.74, 6) is -0.264. The summed E-state index contributed by atoms with van der Waals surface area (Å²) in [7, 11) is 1.89. The zero-order chi connectivity index (χ0) is 17.8. The van der Waals surface area contributed by atoms with Gasteiger partial charge in [0.2, 0.25) is 0 Å². The minimum absolute atomic E-state index is 0.125. The van der Waals surface area contributed by atoms with Gasteiger partial charge in [0.25, 0.3) is 0 Å². The summed E-state index contributed by atoms with van der Waals surface area (Å²) in [6.45, 7) is 5.47. The number of aromatic nitrogens is 2. The lowest BCUT2D eigenvalue weighted by molar-refractivity contribution is -0.0349. The Kier molecular flexibility index (Phi) is 6.06. The molecule has 3 rings (SSSR count). The highest BCUT2D eigenvalue weighted by atomic mass is 35.5. The number of benzene rings is 1. The topological polar surface area (TPSA) is 42.3 Å². The van der Waals surface area contributed by atoms with E-state index >= 15 is 0 Å². The van der Waals surface area contributed by atoms with Gasteiger partial charge in [-0.05, 0) is 19.1 Å². The second-order valence-corrected chi connectivity index (χ2v) is 6.89. The second-order valence-electron chi connectivity index (χ2n) is 6.48. The first kappa shape index (κ1) is 18.3. The third kappa shape index (κ3) is 4.58. The van der Waals surface area contributed by atoms with Crippen molar-refractivity contribution in [3.8, 4) is 0 Å². The standard InChI is InChI=1S/C18H24ClFN4O/c1-13-11-24(6-7-25-13)17(18-15(19)4-3-5-16(18)20)10-21-8-14-9-22-23(2)12-14/h3-5,9,12-13,17,21H,6-8,10-11H2,1-2H3/t13-,17-/m1/s1. The smallest absolute Gasteiger partial charge is 0.129 e. The highest BCUT2D eigenvalue weighted by molar-refractivity contribution is 6.31. The van der Waals surface area contributed by atoms with Crippen LogP contribution in [0.1, 0.15) is 24.1 Å². The maximum Gasteiger partial charge on any atom is 0.129 e. The molecular formula is C18H24ClFN4O. The molecule has 0 unspecified atom stereocenters. The summed E-state index contributed by atoms with van der Waals surface area (Å²) in [5, 5.41) is 8.05. The van der Waals surface area contributed by atoms with E-state index in [1.807, 2.05) is 26.4 Å². The number of rotatable bonds is 6. The predicted octanol–water partition coefficient (Wildman–Crippen LogP) is 2.76. The molecule has 0 bridgehead atoms. The molecule has 1 aromatic heterocycles. The van der Waals surface area contributed by atoms with E-state index < -0.39 is 0 Å². The number of halogens is 2. The Labute approximate surface area is 152 Å². The largest absolute Gasteiger partial charge is 0.376 e. The first-order valence-electron chi connectivity index (χ1n) is 8.52. The highest BCUT2D eigenvalue weighted by Crippen LogP contribution is 2.31. The molecule has 1 N–H and O–H groups in total. The molecule has 5 nitrogen and oxygen atoms in total. The molecule has 136 valence electrons. The van der Waals surface area contributed by atoms with Crippen molar-refractivity contribution >= 4 is 11.6 Å². The van der Waals surface area contributed by atoms with Crippen LogP contribution in [0.4, 0.5) is 4.39 Å². The molecular weight excluding hydrogens is 343 g/mol. The van der Waals surface area contributed by atoms with Crippen LogP contribution in [0.3, 0.4) is 0 Å². The van der Waals surface area contributed by atoms with E-state index in [0.717, 1.165) is 18.7 Å². The summed E-state index contributed by atoms with van der Waals surface area (Å²) in [5.41, 5.74) is 1.65. The van der Waals surface area contributed by atoms with Crippen LogP contribution in [-0.2, 0) is 18.3 Å². The van der Waals surface area contributed by atoms with E-state index in [1.165, 1.54) is 6.07 Å². The maximum absolute atomic E-state index is 14.5. The molecule has 1 aliphatic heterocycles. The first-order chi connectivity index (χ1) is 12.0. The van der Waals surface area contributed by atoms with E-state index in [9.17, 15) is 4.39 Å². The fourth-order valence-corrected chi connectivity index (χ4v) is 3.58. The van der Waals surface area contributed by atoms with Crippen molar-refractivity contribution in [2.24, 2.45) is 7.05 Å². The van der Waals surface area contributed by atoms with Crippen LogP contribution in [0.15, 0.2) is 30.6 Å². The number of hydrogen-bond donors (Lipinski definition) is 1. The Morgan fingerprint density at radius 2 is 2.32 bits per heavy atom. The van der Waals surface area contributed by atoms with Gasteiger partial charge in [-0.15, -0.1) is 0 Å². The van der Waals surface area contributed by atoms with E-state index in [0.29, 0.717) is 30.3 Å². The number of morpholine rings is 1. The molecule has 2 atom stereocenters. The molecule has 0 amide bonds. The highest BCUT2D eigenvalue weighted by Gasteiger charge is 2.28. The number of aryl methyl sites for hydroxylation is 1. The van der Waals surface area contributed by atoms with Gasteiger partial charge in [-0.1, -0.05) is 17.7 Å². The molecule has 25 heavy (non-hydrogen) atoms. The molecule has 2 heterocycles. The quantitative estimate of drug-likeness (QED) is 0.853. The number of ether oxygens (including phenoxy) is 1. The molecule has 1 aromatic carbocycles. The number of hydrogen-bond acceptors (Lipinski definition) is 4. The van der Waals surface area contributed by atoms with Gasteiger partial charge < -0.3 is 10.1 Å². The van der Waals surface area contributed by atoms with Gasteiger partial charge in [-0.3, -0.25) is 9.58 Å². The third-order valence-electron chi connectivity index (χ3n) is 4.47. The van der Waals surface area contributed by atoms with Crippen molar-refractivity contribution in [3.63, 3.8) is 0 Å². The molecule has 0 saturated carbocycles. The molecule has 1 fully saturated rings. The normalized spacial score (nSPS) is 19.9. The van der Waals surface area contributed by atoms with Crippen LogP contribution in [0.25, 0.3) is 0 Å². The van der Waals surface area contributed by atoms with Crippen LogP contribution in [0, 0.1) is 5.82 Å². The Morgan fingerprint density at radius 1 is 1.48 bits per heavy atom. The van der Waals surface area contributed by atoms with Crippen molar-refractivity contribution in [1.29, 1.82) is 0 Å². The molecule has 0 aliphatic carbocycles. The first-order valence-corrected chi connectivity index (χ1v) is 8.90. The van der Waals surface area contributed by atoms with Gasteiger partial charge in [0, 0.05) is 55.6 Å². The van der Waals surface area contributed by atoms with Crippen LogP contribution < -0.4 is 5.32 Å². The SMILES string of the molecule is C[C@@H]1CN([C@H](CNCc2cnn(C)c2)c2c(F)cccc2Cl)CCO1. The zero-order valence-electron chi connectivity index (χ0n) is 14.6. The summed E-state index contributed by atoms with van der Waals surface area (Å²) in [6.07, 6.45) is 3.92. The molecule has 1 saturated heterocycles. The minimum Gasteiger partial charge on any atom is -0.376 e. The van der Waals surface area contributed by atoms with Crippen molar-refractivity contribution < 1.29 is 9.13 Å². The predicted molar refractivity (Wildman–Crippen MR) is 96.1 cm³/mol. The third-order valence-corrected chi connectivity index (χ3v) is 4.80. The Bertz CT molecular complexity index is 688. The van der Waals surface area contributed by atoms with Gasteiger partial charge in [0.1, 0.15) is 5.82 Å². The zero-order valence-corrected chi connectivity index (χ0v) is 15.3. The van der Waals surface area contributed by atoms with E-state index in [1.54, 1.807) is 16.8 Å². The van der Waals surface area contributed by atoms with Crippen molar-refractivity contribution in [2.75, 3.05) is 26.2 Å². The molecule has 1 aliphatic rings. The van der Waals surface area contributed by atoms with Crippen LogP contribution in [0.2, 0.25) is 5.02 Å². The van der Waals surface area contributed by atoms with Gasteiger partial charge in [-0.2, -0.15) is 5.10 Å². The average Bonchev–Trinajstić information content (AvgIpc) is 2.98. The summed E-state index contributed by atoms with van der Waals surface area (Å²) < 4.78 is 21.9. The van der Waals surface area contributed by atoms with E-state index in [-0.39, 0.29) is 18.0 Å². The fraction of sp³-hybridized carbons (Fsp3) is 0.500. The van der Waals surface area contributed by atoms with Crippen LogP contribution >= 0.6 is 11.6 Å². The number of nitrogens with one attached hydrogen (secondary N) is 1. The maximum atomic E-state index is 14.5. The lowest BCUT2D eigenvalue weighted by Crippen LogP contribution is -2.46. The minimum atomic E-state index is -0.264. The molecule has 7 heteroatoms. The fourth-order valence-electron chi connectivity index (χ4n) is 3.29. The summed E-state index contributed by atoms with van der Waals surface area (Å²) in [6, 6.07) is 4.72. The van der Waals surface area contributed by atoms with Gasteiger partial charge in [0.05, 0.1) is 24.9 Å². The lowest BCUT2D eigenvalue weighted by Gasteiger charge is -2.38. The van der Waals surface area contributed by atoms with Crippen LogP contribution in [0.5, 0.6) is 0 Å². The Hall–Kier alpha value is -1.47. The molecule has 0 radical (unpaired) electrons. The van der Waals surface area contributed by atoms with Crippen molar-refractivity contribution in [2.45, 2.75) is 25.6 Å². The van der Waals surface area contributed by atoms with Gasteiger partial charge in [-0.25, -0.2) is 4.39 Å². The van der Waals surface area contributed by atoms with Crippen molar-refractivity contribution in [1.82, 2.24) is 20.0 Å². The van der Waals surface area contributed by atoms with Crippen LogP contribution in [-0.4, -0.2) is 47.0 Å². The Balaban J connectivity index is 1.76. The lowest BCUT2D eigenvalue weighted by atomic mass is 10.0. The number of nitrogens with zero attached hydrogens (tertiary/aromatic N) is 3. The monoisotopic (exact) mass is 366 g/mol. The van der Waals surface area contributed by atoms with E-state index in [2.05, 4.69) is 15.3 Å². The summed E-state index contributed by atoms with van der Waals surface area (Å²) >= 11 is 6.34. The molecule has 2 aromatic rings. The van der Waals surface area contributed by atoms with Crippen molar-refractivity contribution in [3.05, 3.63) is 52.6 Å². The average molecular weight is 367 g/mol.